The molecule has 2 heteroatoms. The molecule has 40 heavy (non-hydrogen) atoms. The van der Waals surface area contributed by atoms with Crippen LogP contribution in [0.3, 0.4) is 0 Å². The molecule has 192 valence electrons. The van der Waals surface area contributed by atoms with Gasteiger partial charge in [-0.2, -0.15) is 0 Å². The van der Waals surface area contributed by atoms with E-state index in [2.05, 4.69) is 141 Å². The van der Waals surface area contributed by atoms with Gasteiger partial charge in [0.05, 0.1) is 16.7 Å². The van der Waals surface area contributed by atoms with Gasteiger partial charge in [0.2, 0.25) is 0 Å². The van der Waals surface area contributed by atoms with Crippen molar-refractivity contribution in [2.75, 3.05) is 0 Å². The van der Waals surface area contributed by atoms with Gasteiger partial charge in [0.1, 0.15) is 5.82 Å². The lowest BCUT2D eigenvalue weighted by molar-refractivity contribution is 0.627. The Labute approximate surface area is 234 Å². The van der Waals surface area contributed by atoms with Crippen LogP contribution in [0.4, 0.5) is 0 Å². The molecule has 1 aliphatic rings. The highest BCUT2D eigenvalue weighted by Crippen LogP contribution is 2.52. The third-order valence-corrected chi connectivity index (χ3v) is 8.91. The second-order valence-electron chi connectivity index (χ2n) is 11.4. The molecule has 1 aromatic heterocycles. The van der Waals surface area contributed by atoms with Crippen molar-refractivity contribution in [1.82, 2.24) is 9.55 Å². The number of para-hydroxylation sites is 1. The normalized spacial score (nSPS) is 13.7. The first-order valence-electron chi connectivity index (χ1n) is 14.2. The monoisotopic (exact) mass is 514 g/mol. The van der Waals surface area contributed by atoms with Crippen molar-refractivity contribution in [3.05, 3.63) is 132 Å². The lowest BCUT2D eigenvalue weighted by Crippen LogP contribution is -2.27. The van der Waals surface area contributed by atoms with Gasteiger partial charge in [-0.05, 0) is 67.1 Å². The highest BCUT2D eigenvalue weighted by molar-refractivity contribution is 6.22. The van der Waals surface area contributed by atoms with Gasteiger partial charge in [-0.25, -0.2) is 4.98 Å². The van der Waals surface area contributed by atoms with Crippen LogP contribution < -0.4 is 0 Å². The van der Waals surface area contributed by atoms with Crippen LogP contribution in [0.25, 0.3) is 60.5 Å². The fourth-order valence-electron chi connectivity index (χ4n) is 7.22. The number of imidazole rings is 1. The van der Waals surface area contributed by atoms with E-state index in [0.29, 0.717) is 0 Å². The van der Waals surface area contributed by atoms with Crippen molar-refractivity contribution >= 4 is 32.6 Å². The van der Waals surface area contributed by atoms with Crippen LogP contribution in [0.1, 0.15) is 37.7 Å². The molecule has 2 nitrogen and oxygen atoms in total. The molecule has 0 radical (unpaired) electrons. The maximum Gasteiger partial charge on any atom is 0.114 e. The van der Waals surface area contributed by atoms with Crippen molar-refractivity contribution in [2.45, 2.75) is 32.6 Å². The summed E-state index contributed by atoms with van der Waals surface area (Å²) in [6, 6.07) is 42.2. The van der Waals surface area contributed by atoms with E-state index in [0.717, 1.165) is 17.8 Å². The average Bonchev–Trinajstić information content (AvgIpc) is 3.38. The third-order valence-electron chi connectivity index (χ3n) is 8.91. The average molecular weight is 515 g/mol. The van der Waals surface area contributed by atoms with Gasteiger partial charge in [0.15, 0.2) is 0 Å². The molecule has 0 spiro atoms. The molecule has 6 aromatic carbocycles. The van der Waals surface area contributed by atoms with Crippen LogP contribution in [0, 0.1) is 0 Å². The fourth-order valence-corrected chi connectivity index (χ4v) is 7.22. The zero-order chi connectivity index (χ0) is 27.0. The first-order chi connectivity index (χ1) is 19.6. The summed E-state index contributed by atoms with van der Waals surface area (Å²) in [6.07, 6.45) is 0.885. The summed E-state index contributed by atoms with van der Waals surface area (Å²) < 4.78 is 2.43. The van der Waals surface area contributed by atoms with E-state index >= 15 is 0 Å². The zero-order valence-electron chi connectivity index (χ0n) is 23.1. The van der Waals surface area contributed by atoms with E-state index in [9.17, 15) is 0 Å². The number of fused-ring (bicyclic) bond motifs is 4. The lowest BCUT2D eigenvalue weighted by atomic mass is 9.71. The number of hydrogen-bond donors (Lipinski definition) is 0. The van der Waals surface area contributed by atoms with Gasteiger partial charge >= 0.3 is 0 Å². The molecule has 2 heterocycles. The van der Waals surface area contributed by atoms with Crippen molar-refractivity contribution in [3.63, 3.8) is 0 Å². The lowest BCUT2D eigenvalue weighted by Gasteiger charge is -2.36. The summed E-state index contributed by atoms with van der Waals surface area (Å²) in [7, 11) is 0. The second kappa shape index (κ2) is 8.40. The Hall–Kier alpha value is -4.69. The summed E-state index contributed by atoms with van der Waals surface area (Å²) in [5.74, 6) is 1.12. The number of aromatic nitrogens is 2. The summed E-state index contributed by atoms with van der Waals surface area (Å²) in [4.78, 5) is 5.14. The number of benzene rings is 6. The van der Waals surface area contributed by atoms with Crippen LogP contribution in [0.15, 0.2) is 115 Å². The van der Waals surface area contributed by atoms with E-state index in [1.54, 1.807) is 0 Å². The molecule has 0 bridgehead atoms. The van der Waals surface area contributed by atoms with E-state index < -0.39 is 0 Å². The van der Waals surface area contributed by atoms with E-state index in [1.807, 2.05) is 0 Å². The van der Waals surface area contributed by atoms with E-state index in [-0.39, 0.29) is 5.41 Å². The van der Waals surface area contributed by atoms with Gasteiger partial charge in [0.25, 0.3) is 0 Å². The molecule has 7 aromatic rings. The summed E-state index contributed by atoms with van der Waals surface area (Å²) >= 11 is 0. The van der Waals surface area contributed by atoms with E-state index in [4.69, 9.17) is 4.98 Å². The third kappa shape index (κ3) is 3.02. The second-order valence-corrected chi connectivity index (χ2v) is 11.4. The van der Waals surface area contributed by atoms with E-state index in [1.165, 1.54) is 66.1 Å². The van der Waals surface area contributed by atoms with Crippen LogP contribution in [-0.4, -0.2) is 9.55 Å². The highest BCUT2D eigenvalue weighted by atomic mass is 15.1. The summed E-state index contributed by atoms with van der Waals surface area (Å²) in [6.45, 7) is 6.97. The highest BCUT2D eigenvalue weighted by Gasteiger charge is 2.38. The van der Waals surface area contributed by atoms with Gasteiger partial charge < -0.3 is 0 Å². The fraction of sp³-hybridized carbons (Fsp3) is 0.132. The molecule has 0 amide bonds. The Kier molecular flexibility index (Phi) is 4.88. The maximum absolute atomic E-state index is 5.14. The predicted octanol–water partition coefficient (Wildman–Crippen LogP) is 9.87. The summed E-state index contributed by atoms with van der Waals surface area (Å²) in [5.41, 5.74) is 11.2. The molecule has 0 unspecified atom stereocenters. The van der Waals surface area contributed by atoms with Gasteiger partial charge in [-0.3, -0.25) is 4.57 Å². The predicted molar refractivity (Wildman–Crippen MR) is 168 cm³/mol. The largest absolute Gasteiger partial charge is 0.296 e. The van der Waals surface area contributed by atoms with Crippen LogP contribution in [0.2, 0.25) is 0 Å². The molecule has 0 atom stereocenters. The van der Waals surface area contributed by atoms with Crippen LogP contribution in [0.5, 0.6) is 0 Å². The first kappa shape index (κ1) is 23.2. The van der Waals surface area contributed by atoms with Crippen molar-refractivity contribution in [3.8, 4) is 27.9 Å². The Morgan fingerprint density at radius 2 is 1.20 bits per heavy atom. The maximum atomic E-state index is 5.14. The molecule has 0 aliphatic carbocycles. The summed E-state index contributed by atoms with van der Waals surface area (Å²) in [5, 5.41) is 5.14. The molecule has 0 N–H and O–H groups in total. The minimum Gasteiger partial charge on any atom is -0.296 e. The Morgan fingerprint density at radius 1 is 0.625 bits per heavy atom. The minimum absolute atomic E-state index is 0.202. The van der Waals surface area contributed by atoms with Crippen molar-refractivity contribution in [1.29, 1.82) is 0 Å². The molecular weight excluding hydrogens is 484 g/mol. The molecule has 1 aliphatic heterocycles. The SMILES string of the molecule is CCc1nc2ccc(-c3c4ccccc4c(-c4ccccc4)c4ccccc34)c3c2n1-c1ccccc1C3(C)C. The number of aryl methyl sites for hydroxylation is 1. The Morgan fingerprint density at radius 3 is 1.85 bits per heavy atom. The Balaban J connectivity index is 1.58. The molecule has 0 saturated carbocycles. The quantitative estimate of drug-likeness (QED) is 0.215. The number of nitrogens with zero attached hydrogens (tertiary/aromatic N) is 2. The van der Waals surface area contributed by atoms with Gasteiger partial charge in [-0.1, -0.05) is 124 Å². The zero-order valence-corrected chi connectivity index (χ0v) is 23.1. The number of rotatable bonds is 3. The number of hydrogen-bond acceptors (Lipinski definition) is 1. The molecule has 0 saturated heterocycles. The topological polar surface area (TPSA) is 17.8 Å². The van der Waals surface area contributed by atoms with Crippen molar-refractivity contribution in [2.24, 2.45) is 0 Å². The molecular formula is C38H30N2. The van der Waals surface area contributed by atoms with Crippen LogP contribution in [-0.2, 0) is 11.8 Å². The van der Waals surface area contributed by atoms with Gasteiger partial charge in [0, 0.05) is 11.8 Å². The van der Waals surface area contributed by atoms with Gasteiger partial charge in [-0.15, -0.1) is 0 Å². The van der Waals surface area contributed by atoms with Crippen LogP contribution >= 0.6 is 0 Å². The smallest absolute Gasteiger partial charge is 0.114 e. The standard InChI is InChI=1S/C38H30N2/c1-4-33-39-31-23-22-29(36-37(31)40(33)32-21-13-12-20-30(32)38(36,2)3)35-27-18-10-8-16-25(27)34(24-14-6-5-7-15-24)26-17-9-11-19-28(26)35/h5-23H,4H2,1-3H3. The van der Waals surface area contributed by atoms with Crippen molar-refractivity contribution < 1.29 is 0 Å². The Bertz CT molecular complexity index is 2060. The molecule has 8 rings (SSSR count). The first-order valence-corrected chi connectivity index (χ1v) is 14.2. The minimum atomic E-state index is -0.202. The molecule has 0 fully saturated rings.